The molecule has 0 aliphatic heterocycles. The van der Waals surface area contributed by atoms with Crippen molar-refractivity contribution < 1.29 is 14.8 Å². The fraction of sp³-hybridized carbons (Fsp3) is 0.100. The molecule has 0 fully saturated rings. The minimum Gasteiger partial charge on any atom is -0.507 e. The Morgan fingerprint density at radius 2 is 1.93 bits per heavy atom. The van der Waals surface area contributed by atoms with E-state index < -0.39 is 4.92 Å². The van der Waals surface area contributed by atoms with E-state index in [1.165, 1.54) is 31.2 Å². The Bertz CT molecular complexity index is 420. The fourth-order valence-electron chi connectivity index (χ4n) is 1.03. The van der Waals surface area contributed by atoms with Crippen LogP contribution in [-0.2, 0) is 4.79 Å². The molecule has 1 rings (SSSR count). The van der Waals surface area contributed by atoms with Gasteiger partial charge in [-0.1, -0.05) is 0 Å². The van der Waals surface area contributed by atoms with Crippen LogP contribution in [0.3, 0.4) is 0 Å². The largest absolute Gasteiger partial charge is 0.507 e. The zero-order chi connectivity index (χ0) is 11.4. The second-order valence-electron chi connectivity index (χ2n) is 2.94. The van der Waals surface area contributed by atoms with Gasteiger partial charge >= 0.3 is 0 Å². The van der Waals surface area contributed by atoms with Crippen LogP contribution in [-0.4, -0.2) is 15.8 Å². The van der Waals surface area contributed by atoms with E-state index in [0.717, 1.165) is 6.08 Å². The van der Waals surface area contributed by atoms with Crippen LogP contribution in [0.1, 0.15) is 12.5 Å². The van der Waals surface area contributed by atoms with E-state index in [9.17, 15) is 20.0 Å². The molecular weight excluding hydrogens is 198 g/mol. The summed E-state index contributed by atoms with van der Waals surface area (Å²) in [6.45, 7) is 1.31. The molecule has 0 bridgehead atoms. The van der Waals surface area contributed by atoms with Crippen molar-refractivity contribution in [2.24, 2.45) is 0 Å². The second-order valence-corrected chi connectivity index (χ2v) is 2.94. The number of aliphatic hydroxyl groups excluding tert-OH is 1. The van der Waals surface area contributed by atoms with Crippen molar-refractivity contribution >= 4 is 17.2 Å². The van der Waals surface area contributed by atoms with Gasteiger partial charge in [0.15, 0.2) is 5.78 Å². The number of ketones is 1. The molecule has 0 saturated heterocycles. The number of nitro benzene ring substituents is 1. The number of carbonyl (C=O) groups excluding carboxylic acids is 1. The highest BCUT2D eigenvalue weighted by Gasteiger charge is 2.06. The minimum absolute atomic E-state index is 0.0608. The molecule has 0 unspecified atom stereocenters. The zero-order valence-electron chi connectivity index (χ0n) is 8.01. The van der Waals surface area contributed by atoms with Crippen LogP contribution in [0.25, 0.3) is 5.76 Å². The highest BCUT2D eigenvalue weighted by atomic mass is 16.6. The topological polar surface area (TPSA) is 80.4 Å². The van der Waals surface area contributed by atoms with Gasteiger partial charge in [0.05, 0.1) is 4.92 Å². The van der Waals surface area contributed by atoms with E-state index in [0.29, 0.717) is 5.56 Å². The van der Waals surface area contributed by atoms with E-state index in [2.05, 4.69) is 0 Å². The van der Waals surface area contributed by atoms with Crippen molar-refractivity contribution in [3.8, 4) is 0 Å². The first-order chi connectivity index (χ1) is 7.00. The molecule has 1 aromatic rings. The molecule has 0 saturated carbocycles. The summed E-state index contributed by atoms with van der Waals surface area (Å²) in [7, 11) is 0. The summed E-state index contributed by atoms with van der Waals surface area (Å²) >= 11 is 0. The van der Waals surface area contributed by atoms with Gasteiger partial charge in [-0.2, -0.15) is 0 Å². The van der Waals surface area contributed by atoms with Crippen LogP contribution < -0.4 is 0 Å². The van der Waals surface area contributed by atoms with Crippen molar-refractivity contribution in [3.05, 3.63) is 46.0 Å². The summed E-state index contributed by atoms with van der Waals surface area (Å²) in [6.07, 6.45) is 1.06. The first-order valence-electron chi connectivity index (χ1n) is 4.17. The third-order valence-corrected chi connectivity index (χ3v) is 1.71. The summed E-state index contributed by atoms with van der Waals surface area (Å²) in [4.78, 5) is 20.5. The van der Waals surface area contributed by atoms with Crippen molar-refractivity contribution in [3.63, 3.8) is 0 Å². The zero-order valence-corrected chi connectivity index (χ0v) is 8.01. The predicted molar refractivity (Wildman–Crippen MR) is 54.4 cm³/mol. The van der Waals surface area contributed by atoms with Gasteiger partial charge in [0.2, 0.25) is 0 Å². The Morgan fingerprint density at radius 3 is 2.33 bits per heavy atom. The lowest BCUT2D eigenvalue weighted by atomic mass is 10.1. The summed E-state index contributed by atoms with van der Waals surface area (Å²) in [6, 6.07) is 5.29. The Morgan fingerprint density at radius 1 is 1.40 bits per heavy atom. The van der Waals surface area contributed by atoms with E-state index in [1.54, 1.807) is 0 Å². The van der Waals surface area contributed by atoms with Crippen LogP contribution in [0.4, 0.5) is 5.69 Å². The van der Waals surface area contributed by atoms with E-state index in [1.807, 2.05) is 0 Å². The second kappa shape index (κ2) is 4.36. The molecule has 0 atom stereocenters. The van der Waals surface area contributed by atoms with Gasteiger partial charge in [-0.15, -0.1) is 0 Å². The number of allylic oxidation sites excluding steroid dienone is 1. The van der Waals surface area contributed by atoms with Gasteiger partial charge in [0, 0.05) is 23.8 Å². The molecule has 0 spiro atoms. The number of nitro groups is 1. The first kappa shape index (κ1) is 10.9. The number of rotatable bonds is 3. The summed E-state index contributed by atoms with van der Waals surface area (Å²) < 4.78 is 0. The van der Waals surface area contributed by atoms with E-state index in [4.69, 9.17) is 0 Å². The Balaban J connectivity index is 2.99. The molecule has 5 heteroatoms. The van der Waals surface area contributed by atoms with Gasteiger partial charge < -0.3 is 5.11 Å². The molecule has 0 aliphatic carbocycles. The van der Waals surface area contributed by atoms with Gasteiger partial charge in [0.25, 0.3) is 5.69 Å². The molecule has 0 amide bonds. The maximum Gasteiger partial charge on any atom is 0.269 e. The maximum absolute atomic E-state index is 10.7. The molecule has 1 N–H and O–H groups in total. The van der Waals surface area contributed by atoms with E-state index in [-0.39, 0.29) is 17.2 Å². The van der Waals surface area contributed by atoms with Crippen molar-refractivity contribution in [2.75, 3.05) is 0 Å². The average Bonchev–Trinajstić information content (AvgIpc) is 2.17. The molecule has 15 heavy (non-hydrogen) atoms. The number of benzene rings is 1. The fourth-order valence-corrected chi connectivity index (χ4v) is 1.03. The molecule has 0 heterocycles. The molecule has 1 aromatic carbocycles. The summed E-state index contributed by atoms with van der Waals surface area (Å²) in [5.74, 6) is -0.483. The predicted octanol–water partition coefficient (Wildman–Crippen LogP) is 2.08. The van der Waals surface area contributed by atoms with Gasteiger partial charge in [-0.3, -0.25) is 14.9 Å². The van der Waals surface area contributed by atoms with Gasteiger partial charge in [-0.05, 0) is 19.1 Å². The molecular formula is C10H9NO4. The smallest absolute Gasteiger partial charge is 0.269 e. The average molecular weight is 207 g/mol. The quantitative estimate of drug-likeness (QED) is 0.356. The van der Waals surface area contributed by atoms with Gasteiger partial charge in [-0.25, -0.2) is 0 Å². The third kappa shape index (κ3) is 2.91. The molecule has 0 aromatic heterocycles. The lowest BCUT2D eigenvalue weighted by Gasteiger charge is -1.98. The number of non-ortho nitro benzene ring substituents is 1. The van der Waals surface area contributed by atoms with Crippen LogP contribution in [0.2, 0.25) is 0 Å². The van der Waals surface area contributed by atoms with Crippen LogP contribution in [0.15, 0.2) is 30.3 Å². The summed E-state index contributed by atoms with van der Waals surface area (Å²) in [5.41, 5.74) is 0.310. The Kier molecular flexibility index (Phi) is 3.17. The molecule has 0 radical (unpaired) electrons. The van der Waals surface area contributed by atoms with E-state index >= 15 is 0 Å². The van der Waals surface area contributed by atoms with Crippen LogP contribution >= 0.6 is 0 Å². The van der Waals surface area contributed by atoms with Crippen molar-refractivity contribution in [1.29, 1.82) is 0 Å². The SMILES string of the molecule is CC(=O)/C=C(\O)c1ccc([N+](=O)[O-])cc1. The lowest BCUT2D eigenvalue weighted by molar-refractivity contribution is -0.384. The lowest BCUT2D eigenvalue weighted by Crippen LogP contribution is -1.91. The number of nitrogens with zero attached hydrogens (tertiary/aromatic N) is 1. The van der Waals surface area contributed by atoms with Crippen molar-refractivity contribution in [1.82, 2.24) is 0 Å². The number of hydrogen-bond donors (Lipinski definition) is 1. The highest BCUT2D eigenvalue weighted by molar-refractivity contribution is 5.93. The standard InChI is InChI=1S/C10H9NO4/c1-7(12)6-10(13)8-2-4-9(5-3-8)11(14)15/h2-6,13H,1H3/b10-6-. The summed E-state index contributed by atoms with van der Waals surface area (Å²) in [5, 5.41) is 19.7. The highest BCUT2D eigenvalue weighted by Crippen LogP contribution is 2.16. The number of hydrogen-bond acceptors (Lipinski definition) is 4. The monoisotopic (exact) mass is 207 g/mol. The molecule has 5 nitrogen and oxygen atoms in total. The number of aliphatic hydroxyl groups is 1. The first-order valence-corrected chi connectivity index (χ1v) is 4.17. The Labute approximate surface area is 85.8 Å². The van der Waals surface area contributed by atoms with Gasteiger partial charge in [0.1, 0.15) is 5.76 Å². The minimum atomic E-state index is -0.532. The number of carbonyl (C=O) groups is 1. The molecule has 0 aliphatic rings. The Hall–Kier alpha value is -2.17. The normalized spacial score (nSPS) is 11.1. The maximum atomic E-state index is 10.7. The third-order valence-electron chi connectivity index (χ3n) is 1.71. The molecule has 78 valence electrons. The van der Waals surface area contributed by atoms with Crippen LogP contribution in [0.5, 0.6) is 0 Å². The van der Waals surface area contributed by atoms with Crippen molar-refractivity contribution in [2.45, 2.75) is 6.92 Å². The van der Waals surface area contributed by atoms with Crippen LogP contribution in [0, 0.1) is 10.1 Å².